The van der Waals surface area contributed by atoms with E-state index in [1.165, 1.54) is 12.0 Å². The summed E-state index contributed by atoms with van der Waals surface area (Å²) in [5.41, 5.74) is 0.677. The lowest BCUT2D eigenvalue weighted by atomic mass is 9.74. The number of carbonyl (C=O) groups excluding carboxylic acids is 2. The topological polar surface area (TPSA) is 99.1 Å². The molecule has 2 aliphatic rings. The standard InChI is InChI=1S/C26H29ClN2O5/c1-34-25(32)20-16-29(13-14-30)24(31)23(20)28-22-12-11-19(27)15-21(22)26(33,18-9-5-6-10-18)17-7-3-2-4-8-17/h2-4,7-8,11-12,15,18,28,30,33H,5-6,9-10,13-14,16H2,1H3. The lowest BCUT2D eigenvalue weighted by Gasteiger charge is -2.37. The molecule has 0 saturated heterocycles. The first-order valence-corrected chi connectivity index (χ1v) is 11.8. The average Bonchev–Trinajstić information content (AvgIpc) is 3.50. The Labute approximate surface area is 204 Å². The number of ether oxygens (including phenoxy) is 1. The van der Waals surface area contributed by atoms with Gasteiger partial charge in [0.2, 0.25) is 0 Å². The van der Waals surface area contributed by atoms with Gasteiger partial charge in [-0.2, -0.15) is 0 Å². The number of rotatable bonds is 8. The monoisotopic (exact) mass is 484 g/mol. The maximum Gasteiger partial charge on any atom is 0.337 e. The van der Waals surface area contributed by atoms with Crippen LogP contribution in [-0.4, -0.2) is 53.8 Å². The summed E-state index contributed by atoms with van der Waals surface area (Å²) in [5, 5.41) is 25.2. The maximum absolute atomic E-state index is 13.1. The van der Waals surface area contributed by atoms with E-state index < -0.39 is 17.5 Å². The van der Waals surface area contributed by atoms with E-state index in [0.717, 1.165) is 31.2 Å². The highest BCUT2D eigenvalue weighted by atomic mass is 35.5. The highest BCUT2D eigenvalue weighted by Gasteiger charge is 2.44. The van der Waals surface area contributed by atoms with Gasteiger partial charge in [0.25, 0.3) is 5.91 Å². The van der Waals surface area contributed by atoms with Crippen LogP contribution in [-0.2, 0) is 19.9 Å². The zero-order valence-electron chi connectivity index (χ0n) is 19.1. The van der Waals surface area contributed by atoms with Crippen LogP contribution in [0.5, 0.6) is 0 Å². The highest BCUT2D eigenvalue weighted by molar-refractivity contribution is 6.30. The first-order chi connectivity index (χ1) is 16.4. The summed E-state index contributed by atoms with van der Waals surface area (Å²) >= 11 is 6.40. The second kappa shape index (κ2) is 10.2. The molecule has 1 fully saturated rings. The van der Waals surface area contributed by atoms with E-state index in [9.17, 15) is 19.8 Å². The van der Waals surface area contributed by atoms with E-state index in [2.05, 4.69) is 5.32 Å². The summed E-state index contributed by atoms with van der Waals surface area (Å²) < 4.78 is 4.90. The fourth-order valence-corrected chi connectivity index (χ4v) is 5.24. The van der Waals surface area contributed by atoms with Gasteiger partial charge in [0.1, 0.15) is 11.3 Å². The molecule has 1 unspecified atom stereocenters. The molecule has 1 heterocycles. The van der Waals surface area contributed by atoms with Gasteiger partial charge in [0.15, 0.2) is 0 Å². The van der Waals surface area contributed by atoms with Gasteiger partial charge in [0.05, 0.1) is 25.8 Å². The number of carbonyl (C=O) groups is 2. The van der Waals surface area contributed by atoms with E-state index in [-0.39, 0.29) is 36.9 Å². The van der Waals surface area contributed by atoms with E-state index in [1.54, 1.807) is 18.2 Å². The normalized spacial score (nSPS) is 18.4. The summed E-state index contributed by atoms with van der Waals surface area (Å²) in [6, 6.07) is 14.6. The number of anilines is 1. The summed E-state index contributed by atoms with van der Waals surface area (Å²) in [5.74, 6) is -1.08. The van der Waals surface area contributed by atoms with Gasteiger partial charge in [0, 0.05) is 22.8 Å². The number of amides is 1. The van der Waals surface area contributed by atoms with Crippen molar-refractivity contribution in [1.82, 2.24) is 4.90 Å². The molecule has 1 atom stereocenters. The minimum absolute atomic E-state index is 0.0307. The second-order valence-corrected chi connectivity index (χ2v) is 9.16. The third kappa shape index (κ3) is 4.43. The van der Waals surface area contributed by atoms with E-state index >= 15 is 0 Å². The molecule has 1 saturated carbocycles. The molecule has 1 aliphatic carbocycles. The van der Waals surface area contributed by atoms with Crippen LogP contribution in [0.1, 0.15) is 36.8 Å². The van der Waals surface area contributed by atoms with Crippen molar-refractivity contribution in [2.45, 2.75) is 31.3 Å². The largest absolute Gasteiger partial charge is 0.466 e. The van der Waals surface area contributed by atoms with Crippen molar-refractivity contribution < 1.29 is 24.5 Å². The Morgan fingerprint density at radius 1 is 1.21 bits per heavy atom. The van der Waals surface area contributed by atoms with Gasteiger partial charge in [-0.25, -0.2) is 4.79 Å². The average molecular weight is 485 g/mol. The van der Waals surface area contributed by atoms with Crippen molar-refractivity contribution in [3.63, 3.8) is 0 Å². The molecular weight excluding hydrogens is 456 g/mol. The molecule has 0 radical (unpaired) electrons. The number of aliphatic hydroxyl groups is 2. The molecule has 4 rings (SSSR count). The molecule has 2 aromatic carbocycles. The van der Waals surface area contributed by atoms with Crippen molar-refractivity contribution in [2.24, 2.45) is 5.92 Å². The zero-order valence-corrected chi connectivity index (χ0v) is 19.8. The number of nitrogens with one attached hydrogen (secondary N) is 1. The van der Waals surface area contributed by atoms with Crippen LogP contribution < -0.4 is 5.32 Å². The van der Waals surface area contributed by atoms with Crippen LogP contribution in [0.4, 0.5) is 5.69 Å². The minimum atomic E-state index is -1.34. The third-order valence-electron chi connectivity index (χ3n) is 6.77. The van der Waals surface area contributed by atoms with E-state index in [4.69, 9.17) is 16.3 Å². The molecule has 1 amide bonds. The number of hydrogen-bond donors (Lipinski definition) is 3. The van der Waals surface area contributed by atoms with Gasteiger partial charge in [-0.3, -0.25) is 4.79 Å². The number of methoxy groups -OCH3 is 1. The Kier molecular flexibility index (Phi) is 7.26. The van der Waals surface area contributed by atoms with Crippen LogP contribution >= 0.6 is 11.6 Å². The SMILES string of the molecule is COC(=O)C1=C(Nc2ccc(Cl)cc2C(O)(c2ccccc2)C2CCCC2)C(=O)N(CCO)C1. The van der Waals surface area contributed by atoms with Crippen molar-refractivity contribution >= 4 is 29.2 Å². The quantitative estimate of drug-likeness (QED) is 0.496. The molecule has 7 nitrogen and oxygen atoms in total. The smallest absolute Gasteiger partial charge is 0.337 e. The summed E-state index contributed by atoms with van der Waals surface area (Å²) in [6.45, 7) is -0.105. The summed E-state index contributed by atoms with van der Waals surface area (Å²) in [7, 11) is 1.26. The lowest BCUT2D eigenvalue weighted by molar-refractivity contribution is -0.136. The number of nitrogens with zero attached hydrogens (tertiary/aromatic N) is 1. The predicted molar refractivity (Wildman–Crippen MR) is 129 cm³/mol. The van der Waals surface area contributed by atoms with Gasteiger partial charge < -0.3 is 25.2 Å². The van der Waals surface area contributed by atoms with Gasteiger partial charge in [-0.15, -0.1) is 0 Å². The molecule has 2 aromatic rings. The molecule has 180 valence electrons. The fraction of sp³-hybridized carbons (Fsp3) is 0.385. The number of halogens is 1. The van der Waals surface area contributed by atoms with E-state index in [1.807, 2.05) is 30.3 Å². The number of β-amino-alcohol motifs (C(OH)–C–C–N with tert-alkyl or cyclic N) is 1. The molecule has 8 heteroatoms. The van der Waals surface area contributed by atoms with Gasteiger partial charge >= 0.3 is 5.97 Å². The molecule has 0 bridgehead atoms. The number of benzene rings is 2. The third-order valence-corrected chi connectivity index (χ3v) is 7.00. The first-order valence-electron chi connectivity index (χ1n) is 11.5. The lowest BCUT2D eigenvalue weighted by Crippen LogP contribution is -2.36. The molecule has 3 N–H and O–H groups in total. The van der Waals surface area contributed by atoms with Gasteiger partial charge in [-0.05, 0) is 42.5 Å². The fourth-order valence-electron chi connectivity index (χ4n) is 5.07. The maximum atomic E-state index is 13.1. The van der Waals surface area contributed by atoms with Crippen molar-refractivity contribution in [3.05, 3.63) is 76.0 Å². The van der Waals surface area contributed by atoms with Gasteiger partial charge in [-0.1, -0.05) is 54.8 Å². The Morgan fingerprint density at radius 2 is 1.91 bits per heavy atom. The van der Waals surface area contributed by atoms with Crippen LogP contribution in [0.15, 0.2) is 59.8 Å². The number of esters is 1. The molecule has 34 heavy (non-hydrogen) atoms. The molecular formula is C26H29ClN2O5. The first kappa shape index (κ1) is 24.3. The minimum Gasteiger partial charge on any atom is -0.466 e. The molecule has 0 spiro atoms. The number of aliphatic hydroxyl groups excluding tert-OH is 1. The van der Waals surface area contributed by atoms with E-state index in [0.29, 0.717) is 16.3 Å². The Morgan fingerprint density at radius 3 is 2.56 bits per heavy atom. The van der Waals surface area contributed by atoms with Crippen molar-refractivity contribution in [3.8, 4) is 0 Å². The Bertz CT molecular complexity index is 1100. The molecule has 1 aliphatic heterocycles. The molecule has 0 aromatic heterocycles. The Balaban J connectivity index is 1.83. The zero-order chi connectivity index (χ0) is 24.3. The van der Waals surface area contributed by atoms with Crippen LogP contribution in [0.3, 0.4) is 0 Å². The summed E-state index contributed by atoms with van der Waals surface area (Å²) in [6.07, 6.45) is 3.76. The predicted octanol–water partition coefficient (Wildman–Crippen LogP) is 3.44. The number of hydrogen-bond acceptors (Lipinski definition) is 6. The van der Waals surface area contributed by atoms with Crippen LogP contribution in [0.25, 0.3) is 0 Å². The van der Waals surface area contributed by atoms with Crippen LogP contribution in [0.2, 0.25) is 5.02 Å². The summed E-state index contributed by atoms with van der Waals surface area (Å²) in [4.78, 5) is 26.9. The van der Waals surface area contributed by atoms with Crippen LogP contribution in [0, 0.1) is 5.92 Å². The highest BCUT2D eigenvalue weighted by Crippen LogP contribution is 2.48. The van der Waals surface area contributed by atoms with Crippen molar-refractivity contribution in [2.75, 3.05) is 32.1 Å². The second-order valence-electron chi connectivity index (χ2n) is 8.72. The Hall–Kier alpha value is -2.87. The van der Waals surface area contributed by atoms with Crippen molar-refractivity contribution in [1.29, 1.82) is 0 Å².